The van der Waals surface area contributed by atoms with E-state index in [-0.39, 0.29) is 0 Å². The Morgan fingerprint density at radius 1 is 1.15 bits per heavy atom. The van der Waals surface area contributed by atoms with Gasteiger partial charge in [0.2, 0.25) is 0 Å². The lowest BCUT2D eigenvalue weighted by atomic mass is 10.2. The monoisotopic (exact) mass is 286 g/mol. The Hall–Kier alpha value is -1.88. The first-order valence-electron chi connectivity index (χ1n) is 6.64. The number of rotatable bonds is 4. The van der Waals surface area contributed by atoms with Gasteiger partial charge in [-0.15, -0.1) is 5.10 Å². The first-order valence-corrected chi connectivity index (χ1v) is 8.23. The molecule has 2 aromatic rings. The lowest BCUT2D eigenvalue weighted by Crippen LogP contribution is -2.12. The predicted octanol–water partition coefficient (Wildman–Crippen LogP) is 3.06. The van der Waals surface area contributed by atoms with Gasteiger partial charge < -0.3 is 0 Å². The summed E-state index contributed by atoms with van der Waals surface area (Å²) in [6.07, 6.45) is 0. The molecule has 0 N–H and O–H groups in total. The first-order chi connectivity index (χ1) is 9.72. The lowest BCUT2D eigenvalue weighted by molar-refractivity contribution is 0.695. The van der Waals surface area contributed by atoms with Crippen molar-refractivity contribution < 1.29 is 0 Å². The SMILES string of the molecule is Cc1cc(C)n(CC2=NN=C[SH]2Cc2ccccc2)n1. The Kier molecular flexibility index (Phi) is 3.69. The Morgan fingerprint density at radius 2 is 1.95 bits per heavy atom. The molecule has 0 saturated heterocycles. The van der Waals surface area contributed by atoms with Gasteiger partial charge in [0, 0.05) is 11.4 Å². The Bertz CT molecular complexity index is 658. The molecule has 0 spiro atoms. The van der Waals surface area contributed by atoms with E-state index in [2.05, 4.69) is 52.6 Å². The molecule has 5 heteroatoms. The highest BCUT2D eigenvalue weighted by molar-refractivity contribution is 8.39. The topological polar surface area (TPSA) is 42.5 Å². The van der Waals surface area contributed by atoms with Gasteiger partial charge in [-0.1, -0.05) is 30.3 Å². The zero-order chi connectivity index (χ0) is 13.9. The fourth-order valence-electron chi connectivity index (χ4n) is 2.28. The van der Waals surface area contributed by atoms with Gasteiger partial charge in [-0.25, -0.2) is 0 Å². The van der Waals surface area contributed by atoms with Crippen molar-refractivity contribution >= 4 is 21.5 Å². The molecule has 1 aromatic carbocycles. The molecule has 1 unspecified atom stereocenters. The third-order valence-electron chi connectivity index (χ3n) is 3.29. The van der Waals surface area contributed by atoms with Crippen LogP contribution < -0.4 is 0 Å². The second-order valence-corrected chi connectivity index (χ2v) is 6.95. The molecular weight excluding hydrogens is 268 g/mol. The molecule has 0 radical (unpaired) electrons. The van der Waals surface area contributed by atoms with Crippen molar-refractivity contribution in [3.8, 4) is 0 Å². The van der Waals surface area contributed by atoms with Crippen molar-refractivity contribution in [1.82, 2.24) is 9.78 Å². The zero-order valence-corrected chi connectivity index (χ0v) is 12.6. The predicted molar refractivity (Wildman–Crippen MR) is 86.8 cm³/mol. The molecule has 104 valence electrons. The minimum atomic E-state index is -0.414. The van der Waals surface area contributed by atoms with Gasteiger partial charge in [-0.05, 0) is 25.5 Å². The normalized spacial score (nSPS) is 19.3. The number of nitrogens with zero attached hydrogens (tertiary/aromatic N) is 4. The highest BCUT2D eigenvalue weighted by Gasteiger charge is 2.17. The van der Waals surface area contributed by atoms with E-state index >= 15 is 0 Å². The van der Waals surface area contributed by atoms with Gasteiger partial charge in [0.25, 0.3) is 0 Å². The molecule has 4 nitrogen and oxygen atoms in total. The van der Waals surface area contributed by atoms with Crippen LogP contribution in [0.1, 0.15) is 17.0 Å². The standard InChI is InChI=1S/C15H18N4S/c1-12-8-13(2)19(18-12)9-15-17-16-11-20(15)10-14-6-4-3-5-7-14/h3-8,11,20H,9-10H2,1-2H3. The van der Waals surface area contributed by atoms with Crippen LogP contribution in [0, 0.1) is 13.8 Å². The van der Waals surface area contributed by atoms with Gasteiger partial charge in [0.1, 0.15) is 5.04 Å². The Labute approximate surface area is 121 Å². The molecule has 0 saturated carbocycles. The van der Waals surface area contributed by atoms with Crippen LogP contribution in [0.25, 0.3) is 0 Å². The van der Waals surface area contributed by atoms with E-state index in [0.717, 1.165) is 23.0 Å². The summed E-state index contributed by atoms with van der Waals surface area (Å²) in [5.74, 6) is 1.01. The van der Waals surface area contributed by atoms with Crippen LogP contribution >= 0.6 is 10.9 Å². The Balaban J connectivity index is 1.72. The average molecular weight is 286 g/mol. The van der Waals surface area contributed by atoms with Crippen molar-refractivity contribution in [3.05, 3.63) is 53.3 Å². The molecule has 20 heavy (non-hydrogen) atoms. The number of aromatic nitrogens is 2. The van der Waals surface area contributed by atoms with Crippen LogP contribution in [0.2, 0.25) is 0 Å². The minimum Gasteiger partial charge on any atom is -0.263 e. The van der Waals surface area contributed by atoms with Gasteiger partial charge in [0.15, 0.2) is 0 Å². The minimum absolute atomic E-state index is 0.414. The van der Waals surface area contributed by atoms with Crippen molar-refractivity contribution in [2.75, 3.05) is 0 Å². The molecule has 3 rings (SSSR count). The zero-order valence-electron chi connectivity index (χ0n) is 11.7. The van der Waals surface area contributed by atoms with E-state index in [1.165, 1.54) is 11.3 Å². The number of hydrogen-bond acceptors (Lipinski definition) is 3. The van der Waals surface area contributed by atoms with E-state index in [9.17, 15) is 0 Å². The molecule has 0 aliphatic carbocycles. The van der Waals surface area contributed by atoms with Crippen molar-refractivity contribution in [2.45, 2.75) is 26.1 Å². The van der Waals surface area contributed by atoms with E-state index in [1.54, 1.807) is 0 Å². The molecular formula is C15H18N4S. The van der Waals surface area contributed by atoms with Gasteiger partial charge in [-0.3, -0.25) is 4.68 Å². The maximum atomic E-state index is 4.51. The molecule has 2 heterocycles. The highest BCUT2D eigenvalue weighted by atomic mass is 32.2. The quantitative estimate of drug-likeness (QED) is 0.862. The average Bonchev–Trinajstić information content (AvgIpc) is 2.99. The smallest absolute Gasteiger partial charge is 0.103 e. The second-order valence-electron chi connectivity index (χ2n) is 4.95. The molecule has 0 amide bonds. The largest absolute Gasteiger partial charge is 0.263 e. The maximum Gasteiger partial charge on any atom is 0.103 e. The summed E-state index contributed by atoms with van der Waals surface area (Å²) in [6.45, 7) is 4.84. The summed E-state index contributed by atoms with van der Waals surface area (Å²) >= 11 is 0. The third kappa shape index (κ3) is 2.82. The summed E-state index contributed by atoms with van der Waals surface area (Å²) < 4.78 is 2.02. The van der Waals surface area contributed by atoms with Gasteiger partial charge in [0.05, 0.1) is 17.8 Å². The van der Waals surface area contributed by atoms with Crippen molar-refractivity contribution in [3.63, 3.8) is 0 Å². The second kappa shape index (κ2) is 5.63. The molecule has 0 fully saturated rings. The third-order valence-corrected chi connectivity index (χ3v) is 5.27. The molecule has 1 aliphatic rings. The maximum absolute atomic E-state index is 4.51. The molecule has 1 aromatic heterocycles. The van der Waals surface area contributed by atoms with E-state index in [0.29, 0.717) is 0 Å². The van der Waals surface area contributed by atoms with Crippen LogP contribution in [0.3, 0.4) is 0 Å². The van der Waals surface area contributed by atoms with E-state index in [4.69, 9.17) is 0 Å². The molecule has 1 atom stereocenters. The van der Waals surface area contributed by atoms with Gasteiger partial charge >= 0.3 is 0 Å². The van der Waals surface area contributed by atoms with Crippen LogP contribution in [0.5, 0.6) is 0 Å². The fraction of sp³-hybridized carbons (Fsp3) is 0.267. The summed E-state index contributed by atoms with van der Waals surface area (Å²) in [6, 6.07) is 12.6. The number of thiol groups is 1. The lowest BCUT2D eigenvalue weighted by Gasteiger charge is -2.15. The summed E-state index contributed by atoms with van der Waals surface area (Å²) in [7, 11) is -0.414. The van der Waals surface area contributed by atoms with Crippen LogP contribution in [-0.2, 0) is 12.3 Å². The van der Waals surface area contributed by atoms with E-state index in [1.807, 2.05) is 23.2 Å². The summed E-state index contributed by atoms with van der Waals surface area (Å²) in [4.78, 5) is 0. The van der Waals surface area contributed by atoms with E-state index < -0.39 is 10.9 Å². The van der Waals surface area contributed by atoms with Crippen LogP contribution in [0.15, 0.2) is 46.6 Å². The van der Waals surface area contributed by atoms with Gasteiger partial charge in [-0.2, -0.15) is 21.1 Å². The van der Waals surface area contributed by atoms with Crippen molar-refractivity contribution in [1.29, 1.82) is 0 Å². The summed E-state index contributed by atoms with van der Waals surface area (Å²) in [5, 5.41) is 14.1. The van der Waals surface area contributed by atoms with Crippen LogP contribution in [-0.4, -0.2) is 20.4 Å². The van der Waals surface area contributed by atoms with Crippen molar-refractivity contribution in [2.24, 2.45) is 10.2 Å². The molecule has 0 bridgehead atoms. The number of benzene rings is 1. The summed E-state index contributed by atoms with van der Waals surface area (Å²) in [5.41, 5.74) is 5.57. The number of aryl methyl sites for hydroxylation is 2. The number of hydrogen-bond donors (Lipinski definition) is 1. The highest BCUT2D eigenvalue weighted by Crippen LogP contribution is 2.33. The molecule has 1 aliphatic heterocycles. The Morgan fingerprint density at radius 3 is 2.65 bits per heavy atom. The first kappa shape index (κ1) is 13.1. The fourth-order valence-corrected chi connectivity index (χ4v) is 3.94. The van der Waals surface area contributed by atoms with Crippen LogP contribution in [0.4, 0.5) is 0 Å².